The third kappa shape index (κ3) is 10.9. The summed E-state index contributed by atoms with van der Waals surface area (Å²) in [5.74, 6) is 4.30. The fraction of sp³-hybridized carbons (Fsp3) is 0.267. The molecule has 0 aromatic carbocycles. The normalized spacial score (nSPS) is 11.4. The Balaban J connectivity index is 0.000000288. The van der Waals surface area contributed by atoms with E-state index in [1.807, 2.05) is 31.2 Å². The van der Waals surface area contributed by atoms with Crippen molar-refractivity contribution in [1.82, 2.24) is 0 Å². The Bertz CT molecular complexity index is 321. The quantitative estimate of drug-likeness (QED) is 0.590. The maximum Gasteiger partial charge on any atom is -0.0317 e. The highest BCUT2D eigenvalue weighted by atomic mass is 31.0. The first-order valence-electron chi connectivity index (χ1n) is 5.62. The molecule has 1 aromatic heterocycles. The summed E-state index contributed by atoms with van der Waals surface area (Å²) < 4.78 is 0. The van der Waals surface area contributed by atoms with E-state index in [9.17, 15) is 0 Å². The van der Waals surface area contributed by atoms with Gasteiger partial charge < -0.3 is 0 Å². The molecule has 0 aliphatic rings. The predicted molar refractivity (Wildman–Crippen MR) is 77.1 cm³/mol. The zero-order valence-electron chi connectivity index (χ0n) is 10.4. The summed E-state index contributed by atoms with van der Waals surface area (Å²) in [5.41, 5.74) is 1.36. The molecule has 0 fully saturated rings. The van der Waals surface area contributed by atoms with E-state index >= 15 is 0 Å². The van der Waals surface area contributed by atoms with Gasteiger partial charge >= 0.3 is 0 Å². The van der Waals surface area contributed by atoms with Crippen LogP contribution >= 0.6 is 8.19 Å². The molecule has 1 rings (SSSR count). The van der Waals surface area contributed by atoms with Crippen molar-refractivity contribution in [2.45, 2.75) is 27.2 Å². The van der Waals surface area contributed by atoms with Crippen LogP contribution in [0.1, 0.15) is 25.8 Å². The predicted octanol–water partition coefficient (Wildman–Crippen LogP) is 5.66. The monoisotopic (exact) mass is 232 g/mol. The van der Waals surface area contributed by atoms with Crippen LogP contribution in [-0.4, -0.2) is 0 Å². The third-order valence-corrected chi connectivity index (χ3v) is 2.61. The van der Waals surface area contributed by atoms with Crippen molar-refractivity contribution in [3.8, 4) is 0 Å². The fourth-order valence-electron chi connectivity index (χ4n) is 0.902. The van der Waals surface area contributed by atoms with E-state index in [4.69, 9.17) is 0 Å². The molecular weight excluding hydrogens is 211 g/mol. The van der Waals surface area contributed by atoms with Gasteiger partial charge in [-0.2, -0.15) is 0 Å². The molecule has 0 saturated heterocycles. The zero-order valence-corrected chi connectivity index (χ0v) is 11.3. The van der Waals surface area contributed by atoms with Crippen LogP contribution in [0.25, 0.3) is 0 Å². The van der Waals surface area contributed by atoms with Gasteiger partial charge in [-0.3, -0.25) is 0 Å². The van der Waals surface area contributed by atoms with Crippen molar-refractivity contribution >= 4 is 8.19 Å². The van der Waals surface area contributed by atoms with Gasteiger partial charge in [-0.1, -0.05) is 63.7 Å². The molecule has 0 bridgehead atoms. The van der Waals surface area contributed by atoms with Gasteiger partial charge in [0.05, 0.1) is 0 Å². The summed E-state index contributed by atoms with van der Waals surface area (Å²) in [7, 11) is 1.32. The second kappa shape index (κ2) is 11.9. The van der Waals surface area contributed by atoms with Gasteiger partial charge in [0.15, 0.2) is 0 Å². The van der Waals surface area contributed by atoms with Crippen molar-refractivity contribution in [2.75, 3.05) is 0 Å². The Morgan fingerprint density at radius 2 is 1.94 bits per heavy atom. The van der Waals surface area contributed by atoms with Crippen molar-refractivity contribution in [1.29, 1.82) is 0 Å². The lowest BCUT2D eigenvalue weighted by molar-refractivity contribution is 1.22. The maximum atomic E-state index is 2.18. The van der Waals surface area contributed by atoms with Crippen molar-refractivity contribution in [3.63, 3.8) is 0 Å². The minimum absolute atomic E-state index is 1.11. The lowest BCUT2D eigenvalue weighted by Crippen LogP contribution is -1.58. The second-order valence-electron chi connectivity index (χ2n) is 3.28. The Morgan fingerprint density at radius 3 is 2.38 bits per heavy atom. The van der Waals surface area contributed by atoms with Crippen LogP contribution in [0.5, 0.6) is 0 Å². The first-order valence-corrected chi connectivity index (χ1v) is 6.65. The highest BCUT2D eigenvalue weighted by Crippen LogP contribution is 2.05. The maximum absolute atomic E-state index is 2.18. The number of allylic oxidation sites excluding steroid dienone is 6. The van der Waals surface area contributed by atoms with Crippen LogP contribution in [0.4, 0.5) is 0 Å². The Kier molecular flexibility index (Phi) is 11.1. The van der Waals surface area contributed by atoms with Gasteiger partial charge in [-0.25, -0.2) is 0 Å². The summed E-state index contributed by atoms with van der Waals surface area (Å²) in [5, 5.41) is 0. The van der Waals surface area contributed by atoms with Crippen LogP contribution in [-0.2, 0) is 0 Å². The number of hydrogen-bond acceptors (Lipinski definition) is 0. The fourth-order valence-corrected chi connectivity index (χ4v) is 1.49. The smallest absolute Gasteiger partial charge is 0.0317 e. The molecule has 1 aromatic rings. The van der Waals surface area contributed by atoms with Crippen LogP contribution in [0.3, 0.4) is 0 Å². The number of rotatable bonds is 3. The van der Waals surface area contributed by atoms with Gasteiger partial charge in [0.2, 0.25) is 0 Å². The Hall–Kier alpha value is -1.13. The van der Waals surface area contributed by atoms with Crippen molar-refractivity contribution < 1.29 is 0 Å². The largest absolute Gasteiger partial charge is 0.0877 e. The van der Waals surface area contributed by atoms with E-state index in [2.05, 4.69) is 49.7 Å². The van der Waals surface area contributed by atoms with Crippen molar-refractivity contribution in [2.24, 2.45) is 0 Å². The van der Waals surface area contributed by atoms with E-state index in [-0.39, 0.29) is 0 Å². The molecule has 0 amide bonds. The lowest BCUT2D eigenvalue weighted by Gasteiger charge is -1.82. The first-order chi connectivity index (χ1) is 7.81. The van der Waals surface area contributed by atoms with E-state index in [1.54, 1.807) is 0 Å². The van der Waals surface area contributed by atoms with Crippen molar-refractivity contribution in [3.05, 3.63) is 65.7 Å². The van der Waals surface area contributed by atoms with Gasteiger partial charge in [0.1, 0.15) is 0 Å². The highest BCUT2D eigenvalue weighted by molar-refractivity contribution is 7.28. The summed E-state index contributed by atoms with van der Waals surface area (Å²) >= 11 is 0. The van der Waals surface area contributed by atoms with Crippen LogP contribution in [0.15, 0.2) is 60.2 Å². The molecule has 0 N–H and O–H groups in total. The Morgan fingerprint density at radius 1 is 1.19 bits per heavy atom. The van der Waals surface area contributed by atoms with Gasteiger partial charge in [0, 0.05) is 0 Å². The first kappa shape index (κ1) is 14.9. The van der Waals surface area contributed by atoms with E-state index in [1.165, 1.54) is 13.8 Å². The average molecular weight is 232 g/mol. The molecule has 0 atom stereocenters. The third-order valence-electron chi connectivity index (χ3n) is 1.71. The molecule has 0 saturated carbocycles. The highest BCUT2D eigenvalue weighted by Gasteiger charge is 1.72. The lowest BCUT2D eigenvalue weighted by atomic mass is 10.4. The molecule has 16 heavy (non-hydrogen) atoms. The van der Waals surface area contributed by atoms with E-state index in [0.717, 1.165) is 6.42 Å². The SMILES string of the molecule is C\C=C/C=C\C=C\CC.Cc1cccpc1. The second-order valence-corrected chi connectivity index (χ2v) is 4.13. The van der Waals surface area contributed by atoms with Crippen LogP contribution in [0, 0.1) is 6.92 Å². The van der Waals surface area contributed by atoms with Gasteiger partial charge in [-0.15, -0.1) is 0 Å². The minimum atomic E-state index is 1.11. The van der Waals surface area contributed by atoms with Gasteiger partial charge in [-0.05, 0) is 37.4 Å². The molecule has 1 heteroatoms. The zero-order chi connectivity index (χ0) is 12.1. The summed E-state index contributed by atoms with van der Waals surface area (Å²) in [6.45, 7) is 6.24. The molecule has 0 aliphatic heterocycles. The number of aryl methyl sites for hydroxylation is 1. The molecule has 86 valence electrons. The summed E-state index contributed by atoms with van der Waals surface area (Å²) in [4.78, 5) is 0. The Labute approximate surface area is 102 Å². The summed E-state index contributed by atoms with van der Waals surface area (Å²) in [6.07, 6.45) is 13.4. The molecule has 0 nitrogen and oxygen atoms in total. The number of hydrogen-bond donors (Lipinski definition) is 0. The average Bonchev–Trinajstić information content (AvgIpc) is 2.31. The topological polar surface area (TPSA) is 0 Å². The van der Waals surface area contributed by atoms with Crippen LogP contribution < -0.4 is 0 Å². The van der Waals surface area contributed by atoms with Gasteiger partial charge in [0.25, 0.3) is 0 Å². The minimum Gasteiger partial charge on any atom is -0.0877 e. The van der Waals surface area contributed by atoms with E-state index < -0.39 is 0 Å². The molecule has 0 aliphatic carbocycles. The summed E-state index contributed by atoms with van der Waals surface area (Å²) in [6, 6.07) is 4.19. The molecular formula is C15H21P. The standard InChI is InChI=1S/C9H14.C6H7P/c1-3-5-7-9-8-6-4-2;1-6-3-2-4-7-5-6/h3,5-9H,4H2,1-2H3;2-5H,1H3/b5-3-,8-6+,9-7-;. The molecule has 0 radical (unpaired) electrons. The van der Waals surface area contributed by atoms with E-state index in [0.29, 0.717) is 0 Å². The molecule has 0 unspecified atom stereocenters. The molecule has 1 heterocycles. The molecule has 0 spiro atoms. The van der Waals surface area contributed by atoms with Crippen LogP contribution in [0.2, 0.25) is 0 Å².